The molecule has 2 rings (SSSR count). The van der Waals surface area contributed by atoms with Crippen LogP contribution in [0.1, 0.15) is 36.7 Å². The van der Waals surface area contributed by atoms with E-state index < -0.39 is 30.1 Å². The molecule has 0 amide bonds. The van der Waals surface area contributed by atoms with Crippen LogP contribution in [0, 0.1) is 5.92 Å². The summed E-state index contributed by atoms with van der Waals surface area (Å²) in [5.74, 6) is -1.24. The fourth-order valence-electron chi connectivity index (χ4n) is 2.55. The molecule has 0 aliphatic heterocycles. The molecule has 0 unspecified atom stereocenters. The van der Waals surface area contributed by atoms with Gasteiger partial charge < -0.3 is 14.6 Å². The number of ketones is 1. The van der Waals surface area contributed by atoms with Crippen LogP contribution in [0.3, 0.4) is 0 Å². The van der Waals surface area contributed by atoms with Gasteiger partial charge in [-0.3, -0.25) is 4.79 Å². The second-order valence-electron chi connectivity index (χ2n) is 6.77. The highest BCUT2D eigenvalue weighted by molar-refractivity contribution is 5.94. The number of ether oxygens (including phenoxy) is 2. The van der Waals surface area contributed by atoms with Crippen LogP contribution in [-0.2, 0) is 20.9 Å². The van der Waals surface area contributed by atoms with Gasteiger partial charge in [-0.2, -0.15) is 0 Å². The van der Waals surface area contributed by atoms with Crippen molar-refractivity contribution in [1.82, 2.24) is 0 Å². The molecular formula is C22H26O5. The van der Waals surface area contributed by atoms with E-state index in [-0.39, 0.29) is 12.5 Å². The summed E-state index contributed by atoms with van der Waals surface area (Å²) in [7, 11) is 0. The smallest absolute Gasteiger partial charge is 0.338 e. The molecule has 0 bridgehead atoms. The van der Waals surface area contributed by atoms with Gasteiger partial charge in [0.05, 0.1) is 18.3 Å². The molecule has 0 saturated heterocycles. The highest BCUT2D eigenvalue weighted by atomic mass is 16.6. The van der Waals surface area contributed by atoms with Crippen LogP contribution in [-0.4, -0.2) is 35.2 Å². The molecule has 5 nitrogen and oxygen atoms in total. The number of aliphatic hydroxyl groups excluding tert-OH is 1. The van der Waals surface area contributed by atoms with Gasteiger partial charge in [0.2, 0.25) is 5.78 Å². The lowest BCUT2D eigenvalue weighted by Gasteiger charge is -2.27. The second kappa shape index (κ2) is 10.00. The first kappa shape index (κ1) is 20.8. The molecule has 0 radical (unpaired) electrons. The van der Waals surface area contributed by atoms with E-state index in [1.807, 2.05) is 30.3 Å². The van der Waals surface area contributed by atoms with Gasteiger partial charge in [0.15, 0.2) is 6.10 Å². The molecule has 0 aliphatic carbocycles. The van der Waals surface area contributed by atoms with Gasteiger partial charge in [0.25, 0.3) is 0 Å². The first-order valence-corrected chi connectivity index (χ1v) is 9.03. The first-order chi connectivity index (χ1) is 12.9. The number of aliphatic hydroxyl groups is 1. The largest absolute Gasteiger partial charge is 0.451 e. The van der Waals surface area contributed by atoms with Gasteiger partial charge in [0, 0.05) is 0 Å². The number of Topliss-reactive ketones (excluding diaryl/α,β-unsaturated/α-hetero) is 1. The summed E-state index contributed by atoms with van der Waals surface area (Å²) in [5.41, 5.74) is 1.25. The average Bonchev–Trinajstić information content (AvgIpc) is 2.69. The van der Waals surface area contributed by atoms with Gasteiger partial charge >= 0.3 is 5.97 Å². The normalized spacial score (nSPS) is 14.4. The Morgan fingerprint density at radius 2 is 1.48 bits per heavy atom. The fraction of sp³-hybridized carbons (Fsp3) is 0.364. The Hall–Kier alpha value is -2.50. The maximum Gasteiger partial charge on any atom is 0.338 e. The molecule has 0 fully saturated rings. The second-order valence-corrected chi connectivity index (χ2v) is 6.77. The SMILES string of the molecule is CC(C)[C@@H](O)[C@@H](OCc1ccccc1)C(=O)[C@H](C)OC(=O)c1ccccc1. The van der Waals surface area contributed by atoms with Crippen molar-refractivity contribution in [2.24, 2.45) is 5.92 Å². The minimum absolute atomic E-state index is 0.181. The van der Waals surface area contributed by atoms with Crippen LogP contribution >= 0.6 is 0 Å². The number of rotatable bonds is 9. The lowest BCUT2D eigenvalue weighted by molar-refractivity contribution is -0.150. The summed E-state index contributed by atoms with van der Waals surface area (Å²) in [6, 6.07) is 17.9. The number of carbonyl (C=O) groups excluding carboxylic acids is 2. The van der Waals surface area contributed by atoms with Crippen molar-refractivity contribution in [3.05, 3.63) is 71.8 Å². The number of carbonyl (C=O) groups is 2. The zero-order chi connectivity index (χ0) is 19.8. The number of hydrogen-bond donors (Lipinski definition) is 1. The van der Waals surface area contributed by atoms with E-state index in [1.54, 1.807) is 44.2 Å². The van der Waals surface area contributed by atoms with Gasteiger partial charge in [-0.25, -0.2) is 4.79 Å². The van der Waals surface area contributed by atoms with E-state index in [0.29, 0.717) is 5.56 Å². The number of benzene rings is 2. The van der Waals surface area contributed by atoms with E-state index in [1.165, 1.54) is 6.92 Å². The van der Waals surface area contributed by atoms with Crippen LogP contribution in [0.2, 0.25) is 0 Å². The summed E-state index contributed by atoms with van der Waals surface area (Å²) < 4.78 is 11.0. The Morgan fingerprint density at radius 3 is 2.04 bits per heavy atom. The quantitative estimate of drug-likeness (QED) is 0.685. The fourth-order valence-corrected chi connectivity index (χ4v) is 2.55. The Labute approximate surface area is 159 Å². The highest BCUT2D eigenvalue weighted by Gasteiger charge is 2.34. The molecule has 2 aromatic carbocycles. The van der Waals surface area contributed by atoms with E-state index in [9.17, 15) is 14.7 Å². The summed E-state index contributed by atoms with van der Waals surface area (Å²) >= 11 is 0. The maximum atomic E-state index is 12.8. The Bertz CT molecular complexity index is 727. The lowest BCUT2D eigenvalue weighted by Crippen LogP contribution is -2.45. The molecule has 144 valence electrons. The summed E-state index contributed by atoms with van der Waals surface area (Å²) in [5, 5.41) is 10.4. The molecule has 2 aromatic rings. The standard InChI is InChI=1S/C22H26O5/c1-15(2)19(23)21(26-14-17-10-6-4-7-11-17)20(24)16(3)27-22(25)18-12-8-5-9-13-18/h4-13,15-16,19,21,23H,14H2,1-3H3/t16-,19+,21+/m0/s1. The van der Waals surface area contributed by atoms with Gasteiger partial charge in [-0.05, 0) is 30.5 Å². The monoisotopic (exact) mass is 370 g/mol. The number of esters is 1. The van der Waals surface area contributed by atoms with E-state index in [2.05, 4.69) is 0 Å². The van der Waals surface area contributed by atoms with Gasteiger partial charge in [-0.1, -0.05) is 62.4 Å². The van der Waals surface area contributed by atoms with E-state index in [4.69, 9.17) is 9.47 Å². The molecule has 0 aliphatic rings. The molecule has 0 heterocycles. The van der Waals surface area contributed by atoms with Crippen molar-refractivity contribution in [3.63, 3.8) is 0 Å². The lowest BCUT2D eigenvalue weighted by atomic mass is 9.96. The minimum atomic E-state index is -1.08. The topological polar surface area (TPSA) is 72.8 Å². The Morgan fingerprint density at radius 1 is 0.926 bits per heavy atom. The third kappa shape index (κ3) is 6.01. The predicted molar refractivity (Wildman–Crippen MR) is 102 cm³/mol. The molecule has 1 N–H and O–H groups in total. The van der Waals surface area contributed by atoms with E-state index in [0.717, 1.165) is 5.56 Å². The zero-order valence-corrected chi connectivity index (χ0v) is 15.9. The van der Waals surface area contributed by atoms with Crippen molar-refractivity contribution in [2.45, 2.75) is 45.7 Å². The third-order valence-electron chi connectivity index (χ3n) is 4.24. The van der Waals surface area contributed by atoms with Crippen LogP contribution in [0.4, 0.5) is 0 Å². The van der Waals surface area contributed by atoms with Crippen molar-refractivity contribution in [1.29, 1.82) is 0 Å². The van der Waals surface area contributed by atoms with Crippen molar-refractivity contribution >= 4 is 11.8 Å². The van der Waals surface area contributed by atoms with Gasteiger partial charge in [0.1, 0.15) is 6.10 Å². The molecule has 0 spiro atoms. The molecule has 0 aromatic heterocycles. The van der Waals surface area contributed by atoms with Crippen LogP contribution < -0.4 is 0 Å². The van der Waals surface area contributed by atoms with Crippen molar-refractivity contribution in [2.75, 3.05) is 0 Å². The summed E-state index contributed by atoms with van der Waals surface area (Å²) in [6.45, 7) is 5.28. The summed E-state index contributed by atoms with van der Waals surface area (Å²) in [6.07, 6.45) is -3.12. The molecule has 27 heavy (non-hydrogen) atoms. The van der Waals surface area contributed by atoms with Crippen molar-refractivity contribution < 1.29 is 24.2 Å². The van der Waals surface area contributed by atoms with E-state index >= 15 is 0 Å². The first-order valence-electron chi connectivity index (χ1n) is 9.03. The molecule has 5 heteroatoms. The minimum Gasteiger partial charge on any atom is -0.451 e. The Balaban J connectivity index is 2.06. The van der Waals surface area contributed by atoms with Crippen molar-refractivity contribution in [3.8, 4) is 0 Å². The summed E-state index contributed by atoms with van der Waals surface area (Å²) in [4.78, 5) is 25.0. The Kier molecular flexibility index (Phi) is 7.70. The third-order valence-corrected chi connectivity index (χ3v) is 4.24. The molecule has 3 atom stereocenters. The predicted octanol–water partition coefficient (Wildman–Crippen LogP) is 3.40. The number of hydrogen-bond acceptors (Lipinski definition) is 5. The average molecular weight is 370 g/mol. The van der Waals surface area contributed by atoms with Crippen LogP contribution in [0.5, 0.6) is 0 Å². The highest BCUT2D eigenvalue weighted by Crippen LogP contribution is 2.17. The zero-order valence-electron chi connectivity index (χ0n) is 15.9. The van der Waals surface area contributed by atoms with Crippen LogP contribution in [0.15, 0.2) is 60.7 Å². The molecule has 0 saturated carbocycles. The maximum absolute atomic E-state index is 12.8. The van der Waals surface area contributed by atoms with Crippen LogP contribution in [0.25, 0.3) is 0 Å². The van der Waals surface area contributed by atoms with Gasteiger partial charge in [-0.15, -0.1) is 0 Å². The molecular weight excluding hydrogens is 344 g/mol.